The van der Waals surface area contributed by atoms with E-state index in [-0.39, 0.29) is 0 Å². The van der Waals surface area contributed by atoms with Crippen molar-refractivity contribution in [1.82, 2.24) is 0 Å². The molecule has 8 N–H and O–H groups in total. The molecule has 0 aromatic heterocycles. The molecule has 1 aliphatic heterocycles. The number of hydrogen-bond donors (Lipinski definition) is 8. The topological polar surface area (TPSA) is 222 Å². The van der Waals surface area contributed by atoms with Crippen LogP contribution >= 0.6 is 0 Å². The summed E-state index contributed by atoms with van der Waals surface area (Å²) in [6.45, 7) is -2.57. The second kappa shape index (κ2) is 7.21. The van der Waals surface area contributed by atoms with Crippen LogP contribution in [0.2, 0.25) is 0 Å². The molecule has 0 aromatic rings. The number of cyclic esters (lactones) is 1. The van der Waals surface area contributed by atoms with Gasteiger partial charge < -0.3 is 45.6 Å². The Balaban J connectivity index is 3.35. The van der Waals surface area contributed by atoms with Gasteiger partial charge in [0, 0.05) is 0 Å². The fourth-order valence-electron chi connectivity index (χ4n) is 1.99. The summed E-state index contributed by atoms with van der Waals surface area (Å²) in [5.41, 5.74) is -3.69. The van der Waals surface area contributed by atoms with Crippen LogP contribution < -0.4 is 0 Å². The Hall–Kier alpha value is -2.09. The molecule has 12 heteroatoms. The third kappa shape index (κ3) is 3.10. The smallest absolute Gasteiger partial charge is 0.377 e. The molecule has 1 heterocycles. The van der Waals surface area contributed by atoms with Crippen LogP contribution in [0.1, 0.15) is 0 Å². The van der Waals surface area contributed by atoms with E-state index >= 15 is 0 Å². The second-order valence-corrected chi connectivity index (χ2v) is 4.90. The highest BCUT2D eigenvalue weighted by Gasteiger charge is 2.59. The zero-order valence-corrected chi connectivity index (χ0v) is 11.9. The average molecular weight is 352 g/mol. The molecule has 0 aliphatic carbocycles. The Morgan fingerprint density at radius 3 is 1.75 bits per heavy atom. The van der Waals surface area contributed by atoms with E-state index in [1.165, 1.54) is 0 Å². The molecule has 0 bridgehead atoms. The lowest BCUT2D eigenvalue weighted by molar-refractivity contribution is -0.187. The Bertz CT molecular complexity index is 544. The van der Waals surface area contributed by atoms with Gasteiger partial charge in [0.25, 0.3) is 0 Å². The number of esters is 1. The highest BCUT2D eigenvalue weighted by atomic mass is 16.6. The van der Waals surface area contributed by atoms with Crippen LogP contribution in [-0.4, -0.2) is 102 Å². The number of Topliss-reactive ketones (excluding diaryl/α,β-unsaturated/α-hetero) is 2. The van der Waals surface area contributed by atoms with E-state index in [2.05, 4.69) is 4.74 Å². The largest absolute Gasteiger partial charge is 0.505 e. The quantitative estimate of drug-likeness (QED) is 0.152. The van der Waals surface area contributed by atoms with Crippen LogP contribution in [0, 0.1) is 0 Å². The van der Waals surface area contributed by atoms with Crippen LogP contribution in [0.5, 0.6) is 0 Å². The van der Waals surface area contributed by atoms with Crippen molar-refractivity contribution in [3.05, 3.63) is 11.5 Å². The summed E-state index contributed by atoms with van der Waals surface area (Å²) in [5.74, 6) is -8.00. The fourth-order valence-corrected chi connectivity index (χ4v) is 1.99. The number of rotatable bonds is 8. The van der Waals surface area contributed by atoms with Crippen molar-refractivity contribution in [3.63, 3.8) is 0 Å². The molecule has 0 saturated carbocycles. The van der Waals surface area contributed by atoms with Gasteiger partial charge in [0.15, 0.2) is 11.9 Å². The highest BCUT2D eigenvalue weighted by molar-refractivity contribution is 6.14. The number of carbonyl (C=O) groups excluding carboxylic acids is 3. The van der Waals surface area contributed by atoms with E-state index in [4.69, 9.17) is 15.3 Å². The third-order valence-corrected chi connectivity index (χ3v) is 3.36. The molecule has 0 radical (unpaired) electrons. The van der Waals surface area contributed by atoms with Crippen molar-refractivity contribution in [2.24, 2.45) is 0 Å². The summed E-state index contributed by atoms with van der Waals surface area (Å²) in [4.78, 5) is 35.1. The molecule has 0 spiro atoms. The molecule has 0 saturated heterocycles. The summed E-state index contributed by atoms with van der Waals surface area (Å²) in [7, 11) is 0. The maximum atomic E-state index is 12.0. The fraction of sp³-hybridized carbons (Fsp3) is 0.583. The number of carbonyl (C=O) groups is 3. The number of ketones is 2. The van der Waals surface area contributed by atoms with Gasteiger partial charge in [-0.2, -0.15) is 0 Å². The summed E-state index contributed by atoms with van der Waals surface area (Å²) in [6, 6.07) is 0. The minimum Gasteiger partial charge on any atom is -0.505 e. The standard InChI is InChI=1S/C12H16O12/c13-1-3(15)8(19)12(23,9(20)4(16)2-14)10(21)7-5(17)6(18)11(22)24-7/h3-4,7,10,13-18,21,23H,1-2H2/t3?,4?,7-,10+,12?/m0/s1. The van der Waals surface area contributed by atoms with Gasteiger partial charge in [0.2, 0.25) is 22.9 Å². The molecule has 0 amide bonds. The second-order valence-electron chi connectivity index (χ2n) is 4.90. The monoisotopic (exact) mass is 352 g/mol. The molecular weight excluding hydrogens is 336 g/mol. The summed E-state index contributed by atoms with van der Waals surface area (Å²) >= 11 is 0. The normalized spacial score (nSPS) is 24.1. The molecule has 0 aromatic carbocycles. The highest BCUT2D eigenvalue weighted by Crippen LogP contribution is 2.29. The summed E-state index contributed by atoms with van der Waals surface area (Å²) < 4.78 is 4.31. The van der Waals surface area contributed by atoms with Crippen molar-refractivity contribution < 1.29 is 60.0 Å². The first-order valence-electron chi connectivity index (χ1n) is 6.43. The van der Waals surface area contributed by atoms with Crippen LogP contribution in [0.15, 0.2) is 11.5 Å². The van der Waals surface area contributed by atoms with Gasteiger partial charge >= 0.3 is 5.97 Å². The van der Waals surface area contributed by atoms with E-state index in [9.17, 15) is 39.9 Å². The summed E-state index contributed by atoms with van der Waals surface area (Å²) in [6.07, 6.45) is -9.85. The lowest BCUT2D eigenvalue weighted by atomic mass is 9.80. The average Bonchev–Trinajstić information content (AvgIpc) is 2.84. The maximum absolute atomic E-state index is 12.0. The van der Waals surface area contributed by atoms with Crippen molar-refractivity contribution in [2.45, 2.75) is 30.0 Å². The van der Waals surface area contributed by atoms with E-state index < -0.39 is 72.3 Å². The first-order chi connectivity index (χ1) is 11.0. The maximum Gasteiger partial charge on any atom is 0.377 e. The molecule has 136 valence electrons. The van der Waals surface area contributed by atoms with E-state index in [0.29, 0.717) is 0 Å². The van der Waals surface area contributed by atoms with Crippen LogP contribution in [0.25, 0.3) is 0 Å². The van der Waals surface area contributed by atoms with E-state index in [1.807, 2.05) is 0 Å². The van der Waals surface area contributed by atoms with Gasteiger partial charge in [-0.1, -0.05) is 0 Å². The Morgan fingerprint density at radius 2 is 1.46 bits per heavy atom. The SMILES string of the molecule is O=C1O[C@H]([C@@H](O)C(O)(C(=O)C(O)CO)C(=O)C(O)CO)C(O)=C1O. The number of aliphatic hydroxyl groups is 8. The molecular formula is C12H16O12. The predicted molar refractivity (Wildman–Crippen MR) is 69.3 cm³/mol. The van der Waals surface area contributed by atoms with Crippen molar-refractivity contribution in [1.29, 1.82) is 0 Å². The van der Waals surface area contributed by atoms with Crippen LogP contribution in [-0.2, 0) is 19.1 Å². The number of hydrogen-bond acceptors (Lipinski definition) is 12. The number of aliphatic hydroxyl groups excluding tert-OH is 7. The Kier molecular flexibility index (Phi) is 5.99. The van der Waals surface area contributed by atoms with Gasteiger partial charge in [-0.3, -0.25) is 9.59 Å². The zero-order chi connectivity index (χ0) is 18.8. The third-order valence-electron chi connectivity index (χ3n) is 3.36. The van der Waals surface area contributed by atoms with Crippen molar-refractivity contribution in [3.8, 4) is 0 Å². The van der Waals surface area contributed by atoms with Gasteiger partial charge in [0.1, 0.15) is 18.3 Å². The van der Waals surface area contributed by atoms with Gasteiger partial charge in [-0.25, -0.2) is 4.79 Å². The Morgan fingerprint density at radius 1 is 1.04 bits per heavy atom. The Labute approximate surface area is 133 Å². The van der Waals surface area contributed by atoms with Crippen LogP contribution in [0.4, 0.5) is 0 Å². The molecule has 1 aliphatic rings. The summed E-state index contributed by atoms with van der Waals surface area (Å²) in [5, 5.41) is 75.1. The molecule has 0 fully saturated rings. The predicted octanol–water partition coefficient (Wildman–Crippen LogP) is -4.82. The molecule has 1 rings (SSSR count). The van der Waals surface area contributed by atoms with E-state index in [0.717, 1.165) is 0 Å². The molecule has 24 heavy (non-hydrogen) atoms. The minimum atomic E-state index is -3.69. The first-order valence-corrected chi connectivity index (χ1v) is 6.43. The lowest BCUT2D eigenvalue weighted by Gasteiger charge is -2.34. The van der Waals surface area contributed by atoms with Gasteiger partial charge in [0.05, 0.1) is 13.2 Å². The van der Waals surface area contributed by atoms with Gasteiger partial charge in [-0.05, 0) is 0 Å². The minimum absolute atomic E-state index is 1.28. The lowest BCUT2D eigenvalue weighted by Crippen LogP contribution is -2.66. The van der Waals surface area contributed by atoms with Crippen molar-refractivity contribution in [2.75, 3.05) is 13.2 Å². The zero-order valence-electron chi connectivity index (χ0n) is 11.9. The molecule has 2 unspecified atom stereocenters. The molecule has 4 atom stereocenters. The van der Waals surface area contributed by atoms with Gasteiger partial charge in [-0.15, -0.1) is 0 Å². The first kappa shape index (κ1) is 20.0. The van der Waals surface area contributed by atoms with Crippen molar-refractivity contribution >= 4 is 17.5 Å². The van der Waals surface area contributed by atoms with E-state index in [1.54, 1.807) is 0 Å². The molecule has 12 nitrogen and oxygen atoms in total. The number of ether oxygens (including phenoxy) is 1. The van der Waals surface area contributed by atoms with Crippen LogP contribution in [0.3, 0.4) is 0 Å².